The Morgan fingerprint density at radius 1 is 1.11 bits per heavy atom. The van der Waals surface area contributed by atoms with Gasteiger partial charge in [0, 0.05) is 18.9 Å². The molecule has 0 aliphatic carbocycles. The fraction of sp³-hybridized carbons (Fsp3) is 0.318. The van der Waals surface area contributed by atoms with Gasteiger partial charge in [-0.3, -0.25) is 4.79 Å². The summed E-state index contributed by atoms with van der Waals surface area (Å²) in [6.07, 6.45) is 3.20. The number of carbonyl (C=O) groups excluding carboxylic acids is 1. The average molecular weight is 383 g/mol. The van der Waals surface area contributed by atoms with Crippen LogP contribution in [0.15, 0.2) is 66.4 Å². The van der Waals surface area contributed by atoms with Crippen LogP contribution in [-0.4, -0.2) is 35.6 Å². The first kappa shape index (κ1) is 19.9. The minimum absolute atomic E-state index is 0.0105. The van der Waals surface area contributed by atoms with Crippen LogP contribution in [0.3, 0.4) is 0 Å². The summed E-state index contributed by atoms with van der Waals surface area (Å²) in [7, 11) is 0. The number of allylic oxidation sites excluding steroid dienone is 1. The van der Waals surface area contributed by atoms with Crippen molar-refractivity contribution in [3.05, 3.63) is 72.0 Å². The number of aliphatic hydroxyl groups excluding tert-OH is 1. The number of aromatic hydroxyl groups is 1. The molecule has 1 amide bonds. The predicted molar refractivity (Wildman–Crippen MR) is 106 cm³/mol. The third-order valence-corrected chi connectivity index (χ3v) is 4.52. The largest absolute Gasteiger partial charge is 0.506 e. The molecule has 3 N–H and O–H groups in total. The van der Waals surface area contributed by atoms with E-state index in [1.165, 1.54) is 6.07 Å². The van der Waals surface area contributed by atoms with Crippen LogP contribution in [0.2, 0.25) is 0 Å². The van der Waals surface area contributed by atoms with Crippen LogP contribution in [0.4, 0.5) is 5.69 Å². The number of rotatable bonds is 8. The van der Waals surface area contributed by atoms with Crippen molar-refractivity contribution in [1.29, 1.82) is 0 Å². The van der Waals surface area contributed by atoms with Crippen LogP contribution in [0.5, 0.6) is 5.75 Å². The molecule has 148 valence electrons. The maximum absolute atomic E-state index is 12.7. The molecular formula is C22H25NO5. The van der Waals surface area contributed by atoms with E-state index in [0.29, 0.717) is 25.1 Å². The second-order valence-corrected chi connectivity index (χ2v) is 6.60. The minimum Gasteiger partial charge on any atom is -0.506 e. The normalized spacial score (nSPS) is 18.8. The van der Waals surface area contributed by atoms with E-state index in [9.17, 15) is 9.90 Å². The van der Waals surface area contributed by atoms with Crippen molar-refractivity contribution in [1.82, 2.24) is 0 Å². The monoisotopic (exact) mass is 383 g/mol. The Balaban J connectivity index is 1.75. The third-order valence-electron chi connectivity index (χ3n) is 4.52. The molecule has 0 spiro atoms. The lowest BCUT2D eigenvalue weighted by molar-refractivity contribution is -0.143. The van der Waals surface area contributed by atoms with Crippen molar-refractivity contribution in [3.8, 4) is 5.75 Å². The van der Waals surface area contributed by atoms with Gasteiger partial charge < -0.3 is 25.0 Å². The van der Waals surface area contributed by atoms with Crippen molar-refractivity contribution in [2.75, 3.05) is 18.5 Å². The predicted octanol–water partition coefficient (Wildman–Crippen LogP) is 3.53. The Morgan fingerprint density at radius 2 is 1.86 bits per heavy atom. The molecule has 0 radical (unpaired) electrons. The Labute approximate surface area is 164 Å². The van der Waals surface area contributed by atoms with E-state index in [1.807, 2.05) is 30.3 Å². The molecule has 28 heavy (non-hydrogen) atoms. The number of hydrogen-bond donors (Lipinski definition) is 3. The molecule has 0 unspecified atom stereocenters. The number of nitrogens with one attached hydrogen (secondary N) is 1. The van der Waals surface area contributed by atoms with E-state index in [2.05, 4.69) is 5.32 Å². The highest BCUT2D eigenvalue weighted by Gasteiger charge is 2.29. The van der Waals surface area contributed by atoms with Gasteiger partial charge in [-0.25, -0.2) is 0 Å². The summed E-state index contributed by atoms with van der Waals surface area (Å²) in [5.74, 6) is -0.312. The number of phenols is 1. The lowest BCUT2D eigenvalue weighted by atomic mass is 9.93. The van der Waals surface area contributed by atoms with Gasteiger partial charge >= 0.3 is 0 Å². The molecule has 1 aliphatic heterocycles. The topological polar surface area (TPSA) is 88.0 Å². The molecular weight excluding hydrogens is 358 g/mol. The van der Waals surface area contributed by atoms with E-state index in [1.54, 1.807) is 24.3 Å². The Hall–Kier alpha value is -2.83. The second kappa shape index (κ2) is 9.92. The summed E-state index contributed by atoms with van der Waals surface area (Å²) in [6, 6.07) is 16.4. The quantitative estimate of drug-likeness (QED) is 0.479. The molecule has 0 saturated carbocycles. The molecule has 0 fully saturated rings. The number of unbranched alkanes of at least 4 members (excludes halogenated alkanes) is 1. The number of aliphatic hydroxyl groups is 1. The van der Waals surface area contributed by atoms with Gasteiger partial charge in [0.25, 0.3) is 5.91 Å². The molecule has 2 aromatic carbocycles. The Bertz CT molecular complexity index is 806. The van der Waals surface area contributed by atoms with E-state index in [0.717, 1.165) is 12.0 Å². The third kappa shape index (κ3) is 5.34. The van der Waals surface area contributed by atoms with Crippen LogP contribution in [0.25, 0.3) is 0 Å². The smallest absolute Gasteiger partial charge is 0.290 e. The molecule has 0 aromatic heterocycles. The molecule has 1 heterocycles. The zero-order chi connectivity index (χ0) is 19.8. The standard InChI is InChI=1S/C22H25NO5/c24-12-6-7-13-27-21-15-17(16-8-2-1-3-9-16)14-20(28-21)22(26)23-18-10-4-5-11-19(18)25/h1-5,8-11,14,17,21,24-25H,6-7,12-13,15H2,(H,23,26)/t17-,21+/m0/s1. The summed E-state index contributed by atoms with van der Waals surface area (Å²) < 4.78 is 11.6. The highest BCUT2D eigenvalue weighted by atomic mass is 16.7. The summed E-state index contributed by atoms with van der Waals surface area (Å²) in [5, 5.41) is 21.5. The highest BCUT2D eigenvalue weighted by Crippen LogP contribution is 2.32. The SMILES string of the molecule is O=C(Nc1ccccc1O)C1=C[C@H](c2ccccc2)C[C@H](OCCCCO)O1. The van der Waals surface area contributed by atoms with Crippen molar-refractivity contribution < 1.29 is 24.5 Å². The number of ether oxygens (including phenoxy) is 2. The molecule has 2 atom stereocenters. The van der Waals surface area contributed by atoms with Crippen LogP contribution in [0, 0.1) is 0 Å². The van der Waals surface area contributed by atoms with E-state index < -0.39 is 12.2 Å². The Morgan fingerprint density at radius 3 is 2.61 bits per heavy atom. The van der Waals surface area contributed by atoms with Crippen molar-refractivity contribution in [2.45, 2.75) is 31.5 Å². The van der Waals surface area contributed by atoms with E-state index in [-0.39, 0.29) is 24.0 Å². The summed E-state index contributed by atoms with van der Waals surface area (Å²) in [6.45, 7) is 0.566. The summed E-state index contributed by atoms with van der Waals surface area (Å²) >= 11 is 0. The zero-order valence-electron chi connectivity index (χ0n) is 15.6. The van der Waals surface area contributed by atoms with Crippen LogP contribution >= 0.6 is 0 Å². The van der Waals surface area contributed by atoms with Crippen molar-refractivity contribution in [3.63, 3.8) is 0 Å². The zero-order valence-corrected chi connectivity index (χ0v) is 15.6. The number of para-hydroxylation sites is 2. The van der Waals surface area contributed by atoms with Crippen molar-refractivity contribution >= 4 is 11.6 Å². The van der Waals surface area contributed by atoms with Gasteiger partial charge in [-0.05, 0) is 36.6 Å². The summed E-state index contributed by atoms with van der Waals surface area (Å²) in [4.78, 5) is 12.7. The number of phenolic OH excluding ortho intramolecular Hbond substituents is 1. The lowest BCUT2D eigenvalue weighted by Gasteiger charge is -2.29. The van der Waals surface area contributed by atoms with Gasteiger partial charge in [-0.15, -0.1) is 0 Å². The molecule has 1 aliphatic rings. The number of benzene rings is 2. The lowest BCUT2D eigenvalue weighted by Crippen LogP contribution is -2.29. The maximum atomic E-state index is 12.7. The van der Waals surface area contributed by atoms with Gasteiger partial charge in [0.2, 0.25) is 6.29 Å². The highest BCUT2D eigenvalue weighted by molar-refractivity contribution is 6.03. The number of amides is 1. The van der Waals surface area contributed by atoms with Crippen LogP contribution < -0.4 is 5.32 Å². The molecule has 6 heteroatoms. The maximum Gasteiger partial charge on any atom is 0.290 e. The number of carbonyl (C=O) groups is 1. The van der Waals surface area contributed by atoms with Crippen molar-refractivity contribution in [2.24, 2.45) is 0 Å². The molecule has 0 bridgehead atoms. The average Bonchev–Trinajstić information content (AvgIpc) is 2.73. The second-order valence-electron chi connectivity index (χ2n) is 6.60. The van der Waals surface area contributed by atoms with E-state index >= 15 is 0 Å². The first-order valence-corrected chi connectivity index (χ1v) is 9.42. The fourth-order valence-electron chi connectivity index (χ4n) is 3.04. The van der Waals surface area contributed by atoms with E-state index in [4.69, 9.17) is 14.6 Å². The number of hydrogen-bond acceptors (Lipinski definition) is 5. The van der Waals surface area contributed by atoms with Gasteiger partial charge in [-0.1, -0.05) is 42.5 Å². The van der Waals surface area contributed by atoms with Gasteiger partial charge in [0.1, 0.15) is 5.75 Å². The Kier molecular flexibility index (Phi) is 7.06. The molecule has 3 rings (SSSR count). The first-order chi connectivity index (χ1) is 13.7. The summed E-state index contributed by atoms with van der Waals surface area (Å²) in [5.41, 5.74) is 1.39. The van der Waals surface area contributed by atoms with Gasteiger partial charge in [0.15, 0.2) is 5.76 Å². The van der Waals surface area contributed by atoms with Crippen LogP contribution in [-0.2, 0) is 14.3 Å². The number of anilines is 1. The molecule has 2 aromatic rings. The van der Waals surface area contributed by atoms with Crippen LogP contribution in [0.1, 0.15) is 30.7 Å². The van der Waals surface area contributed by atoms with Gasteiger partial charge in [-0.2, -0.15) is 0 Å². The fourth-order valence-corrected chi connectivity index (χ4v) is 3.04. The van der Waals surface area contributed by atoms with Gasteiger partial charge in [0.05, 0.1) is 12.3 Å². The first-order valence-electron chi connectivity index (χ1n) is 9.42. The molecule has 0 saturated heterocycles. The minimum atomic E-state index is -0.556. The molecule has 6 nitrogen and oxygen atoms in total.